The van der Waals surface area contributed by atoms with Crippen LogP contribution in [0.25, 0.3) is 5.65 Å². The maximum absolute atomic E-state index is 11.3. The van der Waals surface area contributed by atoms with Gasteiger partial charge >= 0.3 is 0 Å². The molecule has 0 N–H and O–H groups in total. The Hall–Kier alpha value is -2.15. The van der Waals surface area contributed by atoms with Gasteiger partial charge in [0, 0.05) is 44.7 Å². The molecule has 1 amide bonds. The number of carbonyl (C=O) groups excluding carboxylic acids is 1. The second kappa shape index (κ2) is 5.69. The van der Waals surface area contributed by atoms with Gasteiger partial charge in [0.25, 0.3) is 0 Å². The summed E-state index contributed by atoms with van der Waals surface area (Å²) in [6.45, 7) is 10.5. The van der Waals surface area contributed by atoms with Gasteiger partial charge < -0.3 is 9.64 Å². The second-order valence-electron chi connectivity index (χ2n) is 7.81. The Morgan fingerprint density at radius 2 is 2.04 bits per heavy atom. The second-order valence-corrected chi connectivity index (χ2v) is 7.81. The fraction of sp³-hybridized carbons (Fsp3) is 0.611. The molecule has 0 aliphatic carbocycles. The van der Waals surface area contributed by atoms with Crippen molar-refractivity contribution in [1.82, 2.24) is 24.4 Å². The molecule has 2 aromatic rings. The fourth-order valence-electron chi connectivity index (χ4n) is 3.95. The van der Waals surface area contributed by atoms with Crippen LogP contribution in [0.3, 0.4) is 0 Å². The van der Waals surface area contributed by atoms with Gasteiger partial charge in [-0.15, -0.1) is 5.10 Å². The molecule has 0 saturated carbocycles. The fourth-order valence-corrected chi connectivity index (χ4v) is 3.95. The summed E-state index contributed by atoms with van der Waals surface area (Å²) in [5, 5.41) is 4.64. The van der Waals surface area contributed by atoms with Crippen molar-refractivity contribution in [1.29, 1.82) is 0 Å². The van der Waals surface area contributed by atoms with E-state index in [0.29, 0.717) is 11.3 Å². The van der Waals surface area contributed by atoms with Crippen molar-refractivity contribution in [2.45, 2.75) is 33.2 Å². The van der Waals surface area contributed by atoms with Crippen molar-refractivity contribution in [3.8, 4) is 5.75 Å². The van der Waals surface area contributed by atoms with E-state index in [9.17, 15) is 4.79 Å². The van der Waals surface area contributed by atoms with Gasteiger partial charge in [0.15, 0.2) is 17.2 Å². The number of aromatic nitrogens is 3. The highest BCUT2D eigenvalue weighted by atomic mass is 16.5. The van der Waals surface area contributed by atoms with Crippen LogP contribution in [0.15, 0.2) is 12.3 Å². The van der Waals surface area contributed by atoms with Gasteiger partial charge in [0.1, 0.15) is 0 Å². The van der Waals surface area contributed by atoms with E-state index in [4.69, 9.17) is 4.74 Å². The number of likely N-dealkylation sites (tertiary alicyclic amines) is 2. The van der Waals surface area contributed by atoms with Crippen LogP contribution in [0.5, 0.6) is 5.75 Å². The van der Waals surface area contributed by atoms with Crippen LogP contribution in [-0.2, 0) is 11.3 Å². The number of ether oxygens (including phenoxy) is 1. The Balaban J connectivity index is 1.46. The summed E-state index contributed by atoms with van der Waals surface area (Å²) in [6, 6.07) is 2.04. The first-order valence-corrected chi connectivity index (χ1v) is 8.80. The number of pyridine rings is 1. The van der Waals surface area contributed by atoms with E-state index in [1.54, 1.807) is 14.0 Å². The topological polar surface area (TPSA) is 63.0 Å². The van der Waals surface area contributed by atoms with Crippen LogP contribution in [0, 0.1) is 5.41 Å². The molecule has 2 aliphatic heterocycles. The minimum Gasteiger partial charge on any atom is -0.493 e. The van der Waals surface area contributed by atoms with Crippen LogP contribution in [0.1, 0.15) is 38.1 Å². The van der Waals surface area contributed by atoms with Gasteiger partial charge in [-0.25, -0.2) is 9.50 Å². The van der Waals surface area contributed by atoms with Gasteiger partial charge in [-0.3, -0.25) is 9.69 Å². The molecule has 0 unspecified atom stereocenters. The van der Waals surface area contributed by atoms with E-state index >= 15 is 0 Å². The van der Waals surface area contributed by atoms with E-state index in [-0.39, 0.29) is 5.91 Å². The molecule has 7 heteroatoms. The quantitative estimate of drug-likeness (QED) is 0.842. The monoisotopic (exact) mass is 343 g/mol. The lowest BCUT2D eigenvalue weighted by Gasteiger charge is -2.60. The van der Waals surface area contributed by atoms with Crippen molar-refractivity contribution >= 4 is 11.6 Å². The number of hydrogen-bond acceptors (Lipinski definition) is 5. The number of methoxy groups -OCH3 is 1. The predicted molar refractivity (Wildman–Crippen MR) is 93.6 cm³/mol. The summed E-state index contributed by atoms with van der Waals surface area (Å²) in [5.41, 5.74) is 2.26. The maximum atomic E-state index is 11.3. The lowest BCUT2D eigenvalue weighted by Crippen LogP contribution is -2.72. The van der Waals surface area contributed by atoms with Crippen LogP contribution in [-0.4, -0.2) is 63.6 Å². The summed E-state index contributed by atoms with van der Waals surface area (Å²) in [5.74, 6) is 2.17. The SMILES string of the molecule is COc1cc(C(C)C)cn2nc(CN3CC4(C3)CN(C(C)=O)C4)nc12. The highest BCUT2D eigenvalue weighted by Gasteiger charge is 2.52. The number of rotatable bonds is 4. The first kappa shape index (κ1) is 16.3. The Kier molecular flexibility index (Phi) is 3.72. The molecule has 0 atom stereocenters. The molecule has 4 rings (SSSR count). The lowest BCUT2D eigenvalue weighted by atomic mass is 9.73. The van der Waals surface area contributed by atoms with Gasteiger partial charge in [0.2, 0.25) is 5.91 Å². The molecule has 2 aromatic heterocycles. The molecular weight excluding hydrogens is 318 g/mol. The van der Waals surface area contributed by atoms with Crippen LogP contribution in [0.2, 0.25) is 0 Å². The molecule has 0 radical (unpaired) electrons. The number of fused-ring (bicyclic) bond motifs is 1. The molecule has 1 spiro atoms. The van der Waals surface area contributed by atoms with Crippen molar-refractivity contribution in [3.05, 3.63) is 23.7 Å². The predicted octanol–water partition coefficient (Wildman–Crippen LogP) is 1.53. The third kappa shape index (κ3) is 2.76. The van der Waals surface area contributed by atoms with Crippen molar-refractivity contribution in [3.63, 3.8) is 0 Å². The molecule has 4 heterocycles. The first-order valence-electron chi connectivity index (χ1n) is 8.80. The molecule has 2 aliphatic rings. The summed E-state index contributed by atoms with van der Waals surface area (Å²) in [6.07, 6.45) is 2.04. The third-order valence-corrected chi connectivity index (χ3v) is 5.33. The van der Waals surface area contributed by atoms with Crippen molar-refractivity contribution < 1.29 is 9.53 Å². The van der Waals surface area contributed by atoms with E-state index in [2.05, 4.69) is 28.8 Å². The zero-order valence-corrected chi connectivity index (χ0v) is 15.3. The zero-order chi connectivity index (χ0) is 17.8. The minimum atomic E-state index is 0.180. The molecule has 2 fully saturated rings. The molecule has 134 valence electrons. The van der Waals surface area contributed by atoms with E-state index in [1.165, 1.54) is 5.56 Å². The van der Waals surface area contributed by atoms with Gasteiger partial charge in [-0.05, 0) is 17.5 Å². The standard InChI is InChI=1S/C18H25N5O2/c1-12(2)14-5-15(25-4)17-19-16(20-23(17)6-14)7-21-8-18(9-21)10-22(11-18)13(3)24/h5-6,12H,7-11H2,1-4H3. The van der Waals surface area contributed by atoms with Gasteiger partial charge in [0.05, 0.1) is 13.7 Å². The highest BCUT2D eigenvalue weighted by molar-refractivity contribution is 5.74. The summed E-state index contributed by atoms with van der Waals surface area (Å²) in [7, 11) is 1.67. The molecule has 0 aromatic carbocycles. The van der Waals surface area contributed by atoms with Crippen LogP contribution in [0.4, 0.5) is 0 Å². The van der Waals surface area contributed by atoms with E-state index < -0.39 is 0 Å². The van der Waals surface area contributed by atoms with Crippen molar-refractivity contribution in [2.75, 3.05) is 33.3 Å². The Morgan fingerprint density at radius 1 is 1.32 bits per heavy atom. The summed E-state index contributed by atoms with van der Waals surface area (Å²) in [4.78, 5) is 20.3. The lowest BCUT2D eigenvalue weighted by molar-refractivity contribution is -0.157. The highest BCUT2D eigenvalue weighted by Crippen LogP contribution is 2.40. The van der Waals surface area contributed by atoms with Gasteiger partial charge in [-0.1, -0.05) is 13.8 Å². The maximum Gasteiger partial charge on any atom is 0.219 e. The Morgan fingerprint density at radius 3 is 2.64 bits per heavy atom. The molecule has 0 bridgehead atoms. The first-order chi connectivity index (χ1) is 11.9. The van der Waals surface area contributed by atoms with Crippen molar-refractivity contribution in [2.24, 2.45) is 5.41 Å². The minimum absolute atomic E-state index is 0.180. The molecule has 7 nitrogen and oxygen atoms in total. The van der Waals surface area contributed by atoms with E-state index in [1.807, 2.05) is 21.7 Å². The number of amides is 1. The average Bonchev–Trinajstić information content (AvgIpc) is 2.89. The number of hydrogen-bond donors (Lipinski definition) is 0. The van der Waals surface area contributed by atoms with E-state index in [0.717, 1.165) is 49.9 Å². The smallest absolute Gasteiger partial charge is 0.219 e. The largest absolute Gasteiger partial charge is 0.493 e. The third-order valence-electron chi connectivity index (χ3n) is 5.33. The zero-order valence-electron chi connectivity index (χ0n) is 15.3. The summed E-state index contributed by atoms with van der Waals surface area (Å²) >= 11 is 0. The number of carbonyl (C=O) groups is 1. The Bertz CT molecular complexity index is 814. The van der Waals surface area contributed by atoms with Gasteiger partial charge in [-0.2, -0.15) is 0 Å². The number of nitrogens with zero attached hydrogens (tertiary/aromatic N) is 5. The molecule has 25 heavy (non-hydrogen) atoms. The van der Waals surface area contributed by atoms with Crippen LogP contribution >= 0.6 is 0 Å². The Labute approximate surface area is 147 Å². The molecule has 2 saturated heterocycles. The summed E-state index contributed by atoms with van der Waals surface area (Å²) < 4.78 is 7.33. The average molecular weight is 343 g/mol. The van der Waals surface area contributed by atoms with Crippen LogP contribution < -0.4 is 4.74 Å². The molecular formula is C18H25N5O2. The normalized spacial score (nSPS) is 19.3.